The first kappa shape index (κ1) is 19.5. The molecule has 0 aliphatic heterocycles. The summed E-state index contributed by atoms with van der Waals surface area (Å²) in [6.45, 7) is 0. The van der Waals surface area contributed by atoms with Gasteiger partial charge in [0.25, 0.3) is 0 Å². The number of benzene rings is 2. The van der Waals surface area contributed by atoms with Gasteiger partial charge in [-0.15, -0.1) is 0 Å². The lowest BCUT2D eigenvalue weighted by molar-refractivity contribution is -0.120. The van der Waals surface area contributed by atoms with E-state index in [1.54, 1.807) is 18.2 Å². The number of nitrogens with one attached hydrogen (secondary N) is 2. The number of halogens is 5. The van der Waals surface area contributed by atoms with Crippen molar-refractivity contribution in [3.05, 3.63) is 64.1 Å². The highest BCUT2D eigenvalue weighted by molar-refractivity contribution is 6.68. The van der Waals surface area contributed by atoms with Crippen LogP contribution in [0.1, 0.15) is 5.56 Å². The number of carbonyl (C=O) groups is 1. The van der Waals surface area contributed by atoms with Gasteiger partial charge in [0.2, 0.25) is 9.70 Å². The van der Waals surface area contributed by atoms with Gasteiger partial charge in [-0.25, -0.2) is 0 Å². The molecule has 2 rings (SSSR count). The van der Waals surface area contributed by atoms with E-state index >= 15 is 0 Å². The third-order valence-electron chi connectivity index (χ3n) is 3.07. The fourth-order valence-electron chi connectivity index (χ4n) is 1.96. The molecule has 0 saturated heterocycles. The minimum atomic E-state index is -1.78. The topological polar surface area (TPSA) is 41.1 Å². The Hall–Kier alpha value is -0.840. The molecular formula is C16H13Cl5N2O. The van der Waals surface area contributed by atoms with Gasteiger partial charge in [0, 0.05) is 5.02 Å². The van der Waals surface area contributed by atoms with Crippen molar-refractivity contribution in [3.8, 4) is 0 Å². The van der Waals surface area contributed by atoms with E-state index in [9.17, 15) is 4.79 Å². The van der Waals surface area contributed by atoms with E-state index in [2.05, 4.69) is 10.6 Å². The summed E-state index contributed by atoms with van der Waals surface area (Å²) < 4.78 is -1.78. The Labute approximate surface area is 165 Å². The maximum absolute atomic E-state index is 12.2. The molecule has 0 spiro atoms. The molecule has 0 fully saturated rings. The molecule has 1 unspecified atom stereocenters. The third-order valence-corrected chi connectivity index (χ3v) is 4.27. The largest absolute Gasteiger partial charge is 0.361 e. The molecular weight excluding hydrogens is 413 g/mol. The molecule has 0 aliphatic carbocycles. The monoisotopic (exact) mass is 424 g/mol. The number of alkyl halides is 3. The van der Waals surface area contributed by atoms with E-state index < -0.39 is 9.96 Å². The van der Waals surface area contributed by atoms with Crippen LogP contribution in [0.5, 0.6) is 0 Å². The second-order valence-corrected chi connectivity index (χ2v) is 8.19. The summed E-state index contributed by atoms with van der Waals surface area (Å²) in [6, 6.07) is 14.1. The highest BCUT2D eigenvalue weighted by atomic mass is 35.6. The standard InChI is InChI=1S/C16H13Cl5N2O/c17-11-6-7-13(12(18)9-11)22-15(16(19,20)21)23-14(24)8-10-4-2-1-3-5-10/h1-7,9,15,22H,8H2,(H,23,24). The Morgan fingerprint density at radius 3 is 2.29 bits per heavy atom. The molecule has 1 atom stereocenters. The Kier molecular flexibility index (Phi) is 6.90. The second-order valence-electron chi connectivity index (χ2n) is 4.97. The fourth-order valence-corrected chi connectivity index (χ4v) is 2.75. The molecule has 8 heteroatoms. The summed E-state index contributed by atoms with van der Waals surface area (Å²) in [6.07, 6.45) is -0.814. The first-order valence-corrected chi connectivity index (χ1v) is 8.76. The van der Waals surface area contributed by atoms with Crippen LogP contribution in [0, 0.1) is 0 Å². The SMILES string of the molecule is O=C(Cc1ccccc1)NC(Nc1ccc(Cl)cc1Cl)C(Cl)(Cl)Cl. The smallest absolute Gasteiger partial charge is 0.228 e. The Bertz CT molecular complexity index is 703. The Morgan fingerprint density at radius 1 is 1.04 bits per heavy atom. The summed E-state index contributed by atoms with van der Waals surface area (Å²) in [5.74, 6) is -0.296. The Morgan fingerprint density at radius 2 is 1.71 bits per heavy atom. The molecule has 0 saturated carbocycles. The number of hydrogen-bond acceptors (Lipinski definition) is 2. The van der Waals surface area contributed by atoms with Gasteiger partial charge in [0.15, 0.2) is 0 Å². The molecule has 2 aromatic carbocycles. The van der Waals surface area contributed by atoms with Crippen LogP contribution in [0.2, 0.25) is 10.0 Å². The maximum Gasteiger partial charge on any atom is 0.228 e. The van der Waals surface area contributed by atoms with Gasteiger partial charge in [0.1, 0.15) is 6.17 Å². The first-order chi connectivity index (χ1) is 11.3. The van der Waals surface area contributed by atoms with Gasteiger partial charge in [-0.1, -0.05) is 88.3 Å². The summed E-state index contributed by atoms with van der Waals surface area (Å²) in [4.78, 5) is 12.2. The Balaban J connectivity index is 2.10. The van der Waals surface area contributed by atoms with Crippen molar-refractivity contribution in [3.63, 3.8) is 0 Å². The van der Waals surface area contributed by atoms with Crippen molar-refractivity contribution >= 4 is 69.6 Å². The molecule has 2 aromatic rings. The molecule has 2 N–H and O–H groups in total. The normalized spacial score (nSPS) is 12.5. The maximum atomic E-state index is 12.2. The van der Waals surface area contributed by atoms with E-state index in [1.807, 2.05) is 30.3 Å². The zero-order valence-electron chi connectivity index (χ0n) is 12.2. The number of hydrogen-bond donors (Lipinski definition) is 2. The molecule has 0 aromatic heterocycles. The number of anilines is 1. The van der Waals surface area contributed by atoms with Crippen molar-refractivity contribution < 1.29 is 4.79 Å². The summed E-state index contributed by atoms with van der Waals surface area (Å²) in [5, 5.41) is 6.39. The molecule has 0 radical (unpaired) electrons. The van der Waals surface area contributed by atoms with E-state index in [0.717, 1.165) is 5.56 Å². The van der Waals surface area contributed by atoms with E-state index in [4.69, 9.17) is 58.0 Å². The summed E-state index contributed by atoms with van der Waals surface area (Å²) in [5.41, 5.74) is 1.33. The van der Waals surface area contributed by atoms with Crippen LogP contribution in [0.4, 0.5) is 5.69 Å². The van der Waals surface area contributed by atoms with Crippen LogP contribution < -0.4 is 10.6 Å². The van der Waals surface area contributed by atoms with E-state index in [0.29, 0.717) is 15.7 Å². The minimum absolute atomic E-state index is 0.161. The van der Waals surface area contributed by atoms with Gasteiger partial charge < -0.3 is 10.6 Å². The lowest BCUT2D eigenvalue weighted by Gasteiger charge is -2.28. The minimum Gasteiger partial charge on any atom is -0.361 e. The highest BCUT2D eigenvalue weighted by Crippen LogP contribution is 2.33. The van der Waals surface area contributed by atoms with E-state index in [1.165, 1.54) is 0 Å². The fraction of sp³-hybridized carbons (Fsp3) is 0.188. The van der Waals surface area contributed by atoms with Gasteiger partial charge in [0.05, 0.1) is 17.1 Å². The van der Waals surface area contributed by atoms with Gasteiger partial charge in [-0.2, -0.15) is 0 Å². The first-order valence-electron chi connectivity index (χ1n) is 6.87. The van der Waals surface area contributed by atoms with Crippen molar-refractivity contribution in [1.82, 2.24) is 5.32 Å². The van der Waals surface area contributed by atoms with Gasteiger partial charge in [-0.3, -0.25) is 4.79 Å². The van der Waals surface area contributed by atoms with Crippen molar-refractivity contribution in [1.29, 1.82) is 0 Å². The molecule has 128 valence electrons. The number of rotatable bonds is 5. The van der Waals surface area contributed by atoms with Crippen LogP contribution in [0.15, 0.2) is 48.5 Å². The molecule has 0 heterocycles. The molecule has 3 nitrogen and oxygen atoms in total. The van der Waals surface area contributed by atoms with E-state index in [-0.39, 0.29) is 12.3 Å². The number of carbonyl (C=O) groups excluding carboxylic acids is 1. The zero-order chi connectivity index (χ0) is 17.7. The predicted octanol–water partition coefficient (Wildman–Crippen LogP) is 5.46. The van der Waals surface area contributed by atoms with Crippen molar-refractivity contribution in [2.75, 3.05) is 5.32 Å². The summed E-state index contributed by atoms with van der Waals surface area (Å²) >= 11 is 29.9. The van der Waals surface area contributed by atoms with Crippen LogP contribution in [0.3, 0.4) is 0 Å². The molecule has 0 bridgehead atoms. The molecule has 1 amide bonds. The third kappa shape index (κ3) is 5.91. The quantitative estimate of drug-likeness (QED) is 0.492. The average Bonchev–Trinajstić information content (AvgIpc) is 2.49. The van der Waals surface area contributed by atoms with Crippen LogP contribution in [-0.2, 0) is 11.2 Å². The van der Waals surface area contributed by atoms with Gasteiger partial charge >= 0.3 is 0 Å². The highest BCUT2D eigenvalue weighted by Gasteiger charge is 2.34. The van der Waals surface area contributed by atoms with Crippen molar-refractivity contribution in [2.24, 2.45) is 0 Å². The summed E-state index contributed by atoms with van der Waals surface area (Å²) in [7, 11) is 0. The average molecular weight is 427 g/mol. The molecule has 0 aliphatic rings. The van der Waals surface area contributed by atoms with Crippen LogP contribution in [-0.4, -0.2) is 15.9 Å². The predicted molar refractivity (Wildman–Crippen MR) is 102 cm³/mol. The van der Waals surface area contributed by atoms with Crippen molar-refractivity contribution in [2.45, 2.75) is 16.4 Å². The van der Waals surface area contributed by atoms with Gasteiger partial charge in [-0.05, 0) is 23.8 Å². The number of amides is 1. The lowest BCUT2D eigenvalue weighted by atomic mass is 10.1. The second kappa shape index (κ2) is 8.50. The van der Waals surface area contributed by atoms with Crippen LogP contribution >= 0.6 is 58.0 Å². The molecule has 24 heavy (non-hydrogen) atoms. The van der Waals surface area contributed by atoms with Crippen LogP contribution in [0.25, 0.3) is 0 Å². The lowest BCUT2D eigenvalue weighted by Crippen LogP contribution is -2.49. The zero-order valence-corrected chi connectivity index (χ0v) is 16.0.